The zero-order valence-corrected chi connectivity index (χ0v) is 42.9. The van der Waals surface area contributed by atoms with Crippen molar-refractivity contribution in [3.63, 3.8) is 0 Å². The first kappa shape index (κ1) is 44.0. The molecule has 5 aromatic heterocycles. The summed E-state index contributed by atoms with van der Waals surface area (Å²) in [7, 11) is 0. The molecule has 5 heterocycles. The van der Waals surface area contributed by atoms with Gasteiger partial charge in [-0.2, -0.15) is 0 Å². The number of hydrogen-bond acceptors (Lipinski definition) is 2. The van der Waals surface area contributed by atoms with Gasteiger partial charge >= 0.3 is 0 Å². The number of para-hydroxylation sites is 6. The van der Waals surface area contributed by atoms with Gasteiger partial charge in [-0.15, -0.1) is 0 Å². The van der Waals surface area contributed by atoms with Gasteiger partial charge in [-0.25, -0.2) is 9.97 Å². The number of benzene rings is 11. The van der Waals surface area contributed by atoms with Crippen LogP contribution in [0.2, 0.25) is 0 Å². The highest BCUT2D eigenvalue weighted by atomic mass is 15.0. The molecule has 0 saturated heterocycles. The fraction of sp³-hybridized carbons (Fsp3) is 0.0278. The molecule has 366 valence electrons. The van der Waals surface area contributed by atoms with Crippen LogP contribution < -0.4 is 0 Å². The van der Waals surface area contributed by atoms with E-state index in [0.29, 0.717) is 5.82 Å². The summed E-state index contributed by atoms with van der Waals surface area (Å²) in [5.74, 6) is 0.682. The normalized spacial score (nSPS) is 12.0. The van der Waals surface area contributed by atoms with Crippen molar-refractivity contribution in [3.05, 3.63) is 266 Å². The minimum absolute atomic E-state index is 0.682. The Labute approximate surface area is 449 Å². The molecular weight excluding hydrogens is 949 g/mol. The Morgan fingerprint density at radius 2 is 0.577 bits per heavy atom. The van der Waals surface area contributed by atoms with Gasteiger partial charge in [0.05, 0.1) is 55.5 Å². The van der Waals surface area contributed by atoms with Crippen LogP contribution in [0, 0.1) is 13.8 Å². The predicted octanol–water partition coefficient (Wildman–Crippen LogP) is 18.5. The molecule has 0 unspecified atom stereocenters. The maximum absolute atomic E-state index is 5.42. The minimum atomic E-state index is 0.682. The summed E-state index contributed by atoms with van der Waals surface area (Å²) in [5, 5.41) is 9.83. The van der Waals surface area contributed by atoms with E-state index in [9.17, 15) is 0 Å². The quantitative estimate of drug-likeness (QED) is 0.160. The molecule has 0 radical (unpaired) electrons. The van der Waals surface area contributed by atoms with E-state index in [4.69, 9.17) is 9.97 Å². The Morgan fingerprint density at radius 1 is 0.256 bits per heavy atom. The van der Waals surface area contributed by atoms with Crippen LogP contribution >= 0.6 is 0 Å². The van der Waals surface area contributed by atoms with Gasteiger partial charge < -0.3 is 18.3 Å². The predicted molar refractivity (Wildman–Crippen MR) is 325 cm³/mol. The zero-order chi connectivity index (χ0) is 51.6. The highest BCUT2D eigenvalue weighted by molar-refractivity contribution is 6.14. The van der Waals surface area contributed by atoms with Crippen molar-refractivity contribution in [1.82, 2.24) is 28.2 Å². The van der Waals surface area contributed by atoms with Gasteiger partial charge in [-0.05, 0) is 116 Å². The highest BCUT2D eigenvalue weighted by Gasteiger charge is 2.23. The molecule has 0 aliphatic heterocycles. The fourth-order valence-electron chi connectivity index (χ4n) is 12.8. The van der Waals surface area contributed by atoms with Crippen molar-refractivity contribution in [2.24, 2.45) is 0 Å². The third-order valence-electron chi connectivity index (χ3n) is 16.4. The summed E-state index contributed by atoms with van der Waals surface area (Å²) in [5.41, 5.74) is 20.9. The summed E-state index contributed by atoms with van der Waals surface area (Å²) < 4.78 is 9.68. The van der Waals surface area contributed by atoms with Crippen LogP contribution in [0.3, 0.4) is 0 Å². The van der Waals surface area contributed by atoms with E-state index in [1.165, 1.54) is 65.2 Å². The number of hydrogen-bond donors (Lipinski definition) is 0. The largest absolute Gasteiger partial charge is 0.309 e. The zero-order valence-electron chi connectivity index (χ0n) is 42.9. The minimum Gasteiger partial charge on any atom is -0.309 e. The van der Waals surface area contributed by atoms with Crippen LogP contribution in [-0.2, 0) is 0 Å². The average molecular weight is 997 g/mol. The van der Waals surface area contributed by atoms with Gasteiger partial charge in [0.1, 0.15) is 0 Å². The van der Waals surface area contributed by atoms with E-state index >= 15 is 0 Å². The Bertz CT molecular complexity index is 4720. The second-order valence-electron chi connectivity index (χ2n) is 20.6. The fourth-order valence-corrected chi connectivity index (χ4v) is 12.8. The first-order chi connectivity index (χ1) is 38.6. The van der Waals surface area contributed by atoms with E-state index in [0.717, 1.165) is 84.0 Å². The van der Waals surface area contributed by atoms with E-state index in [2.05, 4.69) is 281 Å². The van der Waals surface area contributed by atoms with E-state index < -0.39 is 0 Å². The van der Waals surface area contributed by atoms with Gasteiger partial charge in [0.2, 0.25) is 0 Å². The van der Waals surface area contributed by atoms with Crippen LogP contribution in [0.1, 0.15) is 11.1 Å². The van der Waals surface area contributed by atoms with Crippen molar-refractivity contribution < 1.29 is 0 Å². The van der Waals surface area contributed by atoms with Crippen molar-refractivity contribution >= 4 is 87.2 Å². The first-order valence-corrected chi connectivity index (χ1v) is 26.7. The molecule has 0 atom stereocenters. The third kappa shape index (κ3) is 6.50. The lowest BCUT2D eigenvalue weighted by Gasteiger charge is -2.18. The number of nitrogens with zero attached hydrogens (tertiary/aromatic N) is 6. The second-order valence-corrected chi connectivity index (χ2v) is 20.6. The molecule has 16 aromatic rings. The lowest BCUT2D eigenvalue weighted by Crippen LogP contribution is -2.03. The summed E-state index contributed by atoms with van der Waals surface area (Å²) in [6, 6.07) is 92.2. The number of fused-ring (bicyclic) bond motifs is 12. The molecule has 6 nitrogen and oxygen atoms in total. The molecule has 0 amide bonds. The smallest absolute Gasteiger partial charge is 0.160 e. The third-order valence-corrected chi connectivity index (χ3v) is 16.4. The van der Waals surface area contributed by atoms with Crippen LogP contribution in [0.5, 0.6) is 0 Å². The Hall–Kier alpha value is -10.3. The number of rotatable bonds is 7. The van der Waals surface area contributed by atoms with Crippen LogP contribution in [0.15, 0.2) is 255 Å². The van der Waals surface area contributed by atoms with Crippen LogP contribution in [-0.4, -0.2) is 28.2 Å². The van der Waals surface area contributed by atoms with Gasteiger partial charge in [-0.1, -0.05) is 164 Å². The summed E-state index contributed by atoms with van der Waals surface area (Å²) in [6.07, 6.45) is 0. The molecule has 0 aliphatic rings. The molecule has 78 heavy (non-hydrogen) atoms. The summed E-state index contributed by atoms with van der Waals surface area (Å²) in [6.45, 7) is 4.48. The van der Waals surface area contributed by atoms with Gasteiger partial charge in [0.25, 0.3) is 0 Å². The highest BCUT2D eigenvalue weighted by Crippen LogP contribution is 2.42. The van der Waals surface area contributed by atoms with Crippen molar-refractivity contribution in [2.75, 3.05) is 0 Å². The molecule has 11 aromatic carbocycles. The molecule has 0 saturated carbocycles. The standard InChI is InChI=1S/C72H48N6/c1-45-50(28-18-36-62(45)77-68-34-16-10-26-56(68)58-42-48(38-40-70(58)77)75-64-30-12-6-22-52(64)53-23-7-13-31-65(53)75)60-44-61(74-72(73-60)47-20-4-3-5-21-47)51-29-19-37-63(46(51)2)78-69-35-17-11-27-57(69)59-43-49(39-41-71(59)78)76-66-32-14-8-24-54(66)55-25-9-15-33-67(55)76/h3-44H,1-2H3. The van der Waals surface area contributed by atoms with E-state index in [1.54, 1.807) is 0 Å². The molecule has 6 heteroatoms. The van der Waals surface area contributed by atoms with E-state index in [-0.39, 0.29) is 0 Å². The van der Waals surface area contributed by atoms with Crippen molar-refractivity contribution in [2.45, 2.75) is 13.8 Å². The van der Waals surface area contributed by atoms with Crippen molar-refractivity contribution in [3.8, 4) is 56.7 Å². The first-order valence-electron chi connectivity index (χ1n) is 26.7. The molecule has 0 N–H and O–H groups in total. The monoisotopic (exact) mass is 996 g/mol. The van der Waals surface area contributed by atoms with Gasteiger partial charge in [0, 0.05) is 82.5 Å². The second kappa shape index (κ2) is 17.1. The summed E-state index contributed by atoms with van der Waals surface area (Å²) >= 11 is 0. The maximum atomic E-state index is 5.42. The number of aromatic nitrogens is 6. The van der Waals surface area contributed by atoms with Crippen LogP contribution in [0.25, 0.3) is 144 Å². The lowest BCUT2D eigenvalue weighted by molar-refractivity contribution is 1.13. The Morgan fingerprint density at radius 3 is 0.962 bits per heavy atom. The maximum Gasteiger partial charge on any atom is 0.160 e. The summed E-state index contributed by atoms with van der Waals surface area (Å²) in [4.78, 5) is 10.8. The molecule has 0 aliphatic carbocycles. The Kier molecular flexibility index (Phi) is 9.66. The SMILES string of the molecule is Cc1c(-c2cc(-c3cccc(-n4c5ccccc5c5cc(-n6c7ccccc7c7ccccc76)ccc54)c3C)nc(-c3ccccc3)n2)cccc1-n1c2ccccc2c2cc(-n3c4ccccc4c4ccccc43)ccc21. The Balaban J connectivity index is 0.848. The van der Waals surface area contributed by atoms with Crippen molar-refractivity contribution in [1.29, 1.82) is 0 Å². The topological polar surface area (TPSA) is 45.5 Å². The molecule has 0 bridgehead atoms. The molecule has 0 fully saturated rings. The average Bonchev–Trinajstić information content (AvgIpc) is 4.40. The molecule has 16 rings (SSSR count). The molecule has 0 spiro atoms. The lowest BCUT2D eigenvalue weighted by atomic mass is 9.98. The van der Waals surface area contributed by atoms with Gasteiger partial charge in [-0.3, -0.25) is 0 Å². The van der Waals surface area contributed by atoms with Crippen LogP contribution in [0.4, 0.5) is 0 Å². The van der Waals surface area contributed by atoms with Gasteiger partial charge in [0.15, 0.2) is 5.82 Å². The van der Waals surface area contributed by atoms with E-state index in [1.807, 2.05) is 6.07 Å². The molecular formula is C72H48N6.